The lowest BCUT2D eigenvalue weighted by atomic mass is 10.2. The summed E-state index contributed by atoms with van der Waals surface area (Å²) in [7, 11) is 0. The number of cyclic esters (lactones) is 1. The summed E-state index contributed by atoms with van der Waals surface area (Å²) < 4.78 is 22.0. The maximum atomic E-state index is 15.0. The van der Waals surface area contributed by atoms with E-state index in [1.807, 2.05) is 23.1 Å². The molecule has 0 spiro atoms. The highest BCUT2D eigenvalue weighted by atomic mass is 19.1. The molecule has 2 saturated heterocycles. The van der Waals surface area contributed by atoms with Crippen LogP contribution >= 0.6 is 0 Å². The second-order valence-corrected chi connectivity index (χ2v) is 7.96. The molecular weight excluding hydrogens is 413 g/mol. The highest BCUT2D eigenvalue weighted by molar-refractivity contribution is 5.90. The standard InChI is InChI=1S/C22H24FN7O2/c23-20-13-18(30-16-19(32-22(30)31)15-29-8-7-25-26-29)4-5-21(20)28-11-9-27(10-12-28)14-17-3-1-2-6-24-17/h1-8,13,19H,9-12,14-16H2/t19-/m0/s1. The molecule has 0 radical (unpaired) electrons. The van der Waals surface area contributed by atoms with Crippen LogP contribution in [0.5, 0.6) is 0 Å². The summed E-state index contributed by atoms with van der Waals surface area (Å²) in [5.74, 6) is -0.340. The molecule has 4 heterocycles. The summed E-state index contributed by atoms with van der Waals surface area (Å²) in [4.78, 5) is 22.5. The van der Waals surface area contributed by atoms with Crippen molar-refractivity contribution in [1.29, 1.82) is 0 Å². The van der Waals surface area contributed by atoms with E-state index < -0.39 is 6.09 Å². The SMILES string of the molecule is O=C1O[C@@H](Cn2ccnn2)CN1c1ccc(N2CCN(Cc3ccccn3)CC2)c(F)c1. The maximum Gasteiger partial charge on any atom is 0.414 e. The Morgan fingerprint density at radius 2 is 1.97 bits per heavy atom. The molecule has 3 aromatic rings. The molecule has 0 bridgehead atoms. The predicted molar refractivity (Wildman–Crippen MR) is 116 cm³/mol. The Bertz CT molecular complexity index is 1060. The first-order chi connectivity index (χ1) is 15.7. The molecular formula is C22H24FN7O2. The topological polar surface area (TPSA) is 79.6 Å². The fourth-order valence-electron chi connectivity index (χ4n) is 4.15. The van der Waals surface area contributed by atoms with Gasteiger partial charge >= 0.3 is 6.09 Å². The number of piperazine rings is 1. The fraction of sp³-hybridized carbons (Fsp3) is 0.364. The Morgan fingerprint density at radius 1 is 1.09 bits per heavy atom. The minimum absolute atomic E-state index is 0.337. The zero-order valence-corrected chi connectivity index (χ0v) is 17.5. The number of nitrogens with zero attached hydrogens (tertiary/aromatic N) is 7. The Labute approximate surface area is 185 Å². The van der Waals surface area contributed by atoms with Crippen LogP contribution in [-0.2, 0) is 17.8 Å². The van der Waals surface area contributed by atoms with E-state index in [4.69, 9.17) is 4.74 Å². The third kappa shape index (κ3) is 4.40. The Hall–Kier alpha value is -3.53. The third-order valence-electron chi connectivity index (χ3n) is 5.80. The largest absolute Gasteiger partial charge is 0.442 e. The normalized spacial score (nSPS) is 19.4. The monoisotopic (exact) mass is 437 g/mol. The quantitative estimate of drug-likeness (QED) is 0.585. The number of pyridine rings is 1. The first-order valence-electron chi connectivity index (χ1n) is 10.6. The van der Waals surface area contributed by atoms with Crippen LogP contribution in [0, 0.1) is 5.82 Å². The van der Waals surface area contributed by atoms with E-state index in [1.54, 1.807) is 35.4 Å². The molecule has 0 aliphatic carbocycles. The van der Waals surface area contributed by atoms with Gasteiger partial charge in [-0.25, -0.2) is 13.9 Å². The van der Waals surface area contributed by atoms with E-state index in [9.17, 15) is 9.18 Å². The molecule has 2 aliphatic rings. The Morgan fingerprint density at radius 3 is 2.69 bits per heavy atom. The number of benzene rings is 1. The summed E-state index contributed by atoms with van der Waals surface area (Å²) in [6, 6.07) is 10.9. The predicted octanol–water partition coefficient (Wildman–Crippen LogP) is 2.16. The molecule has 32 heavy (non-hydrogen) atoms. The lowest BCUT2D eigenvalue weighted by Crippen LogP contribution is -2.46. The van der Waals surface area contributed by atoms with Crippen molar-refractivity contribution in [2.75, 3.05) is 42.5 Å². The number of carbonyl (C=O) groups excluding carboxylic acids is 1. The van der Waals surface area contributed by atoms with Gasteiger partial charge in [-0.2, -0.15) is 0 Å². The molecule has 2 fully saturated rings. The summed E-state index contributed by atoms with van der Waals surface area (Å²) in [5.41, 5.74) is 2.08. The minimum atomic E-state index is -0.481. The van der Waals surface area contributed by atoms with Gasteiger partial charge in [0.2, 0.25) is 0 Å². The Kier molecular flexibility index (Phi) is 5.68. The number of anilines is 2. The van der Waals surface area contributed by atoms with Crippen molar-refractivity contribution in [2.24, 2.45) is 0 Å². The summed E-state index contributed by atoms with van der Waals surface area (Å²) in [5, 5.41) is 7.64. The molecule has 1 aromatic carbocycles. The first-order valence-corrected chi connectivity index (χ1v) is 10.6. The molecule has 9 nitrogen and oxygen atoms in total. The first kappa shape index (κ1) is 20.4. The second-order valence-electron chi connectivity index (χ2n) is 7.96. The molecule has 1 atom stereocenters. The van der Waals surface area contributed by atoms with Crippen molar-refractivity contribution in [3.05, 3.63) is 66.5 Å². The molecule has 1 amide bonds. The molecule has 5 rings (SSSR count). The van der Waals surface area contributed by atoms with Crippen LogP contribution in [0.2, 0.25) is 0 Å². The third-order valence-corrected chi connectivity index (χ3v) is 5.80. The van der Waals surface area contributed by atoms with Crippen LogP contribution in [0.4, 0.5) is 20.6 Å². The number of rotatable bonds is 6. The Balaban J connectivity index is 1.20. The van der Waals surface area contributed by atoms with Gasteiger partial charge in [-0.3, -0.25) is 14.8 Å². The van der Waals surface area contributed by atoms with Gasteiger partial charge in [0.25, 0.3) is 0 Å². The van der Waals surface area contributed by atoms with Gasteiger partial charge in [0.05, 0.1) is 36.4 Å². The van der Waals surface area contributed by atoms with Crippen LogP contribution in [0.15, 0.2) is 55.0 Å². The van der Waals surface area contributed by atoms with Crippen molar-refractivity contribution in [3.63, 3.8) is 0 Å². The lowest BCUT2D eigenvalue weighted by Gasteiger charge is -2.36. The van der Waals surface area contributed by atoms with Crippen molar-refractivity contribution in [1.82, 2.24) is 24.9 Å². The van der Waals surface area contributed by atoms with Crippen LogP contribution in [-0.4, -0.2) is 69.8 Å². The minimum Gasteiger partial charge on any atom is -0.442 e. The van der Waals surface area contributed by atoms with Gasteiger partial charge in [-0.15, -0.1) is 5.10 Å². The summed E-state index contributed by atoms with van der Waals surface area (Å²) in [6.07, 6.45) is 4.24. The highest BCUT2D eigenvalue weighted by Gasteiger charge is 2.33. The molecule has 0 saturated carbocycles. The van der Waals surface area contributed by atoms with Crippen molar-refractivity contribution in [3.8, 4) is 0 Å². The average Bonchev–Trinajstić information content (AvgIpc) is 3.45. The van der Waals surface area contributed by atoms with Crippen LogP contribution in [0.3, 0.4) is 0 Å². The molecule has 10 heteroatoms. The van der Waals surface area contributed by atoms with Gasteiger partial charge in [-0.05, 0) is 30.3 Å². The van der Waals surface area contributed by atoms with Crippen molar-refractivity contribution >= 4 is 17.5 Å². The second kappa shape index (κ2) is 8.91. The number of hydrogen-bond donors (Lipinski definition) is 0. The zero-order chi connectivity index (χ0) is 21.9. The number of amides is 1. The van der Waals surface area contributed by atoms with Crippen molar-refractivity contribution in [2.45, 2.75) is 19.2 Å². The number of aromatic nitrogens is 4. The van der Waals surface area contributed by atoms with Crippen LogP contribution in [0.25, 0.3) is 0 Å². The van der Waals surface area contributed by atoms with Crippen LogP contribution in [0.1, 0.15) is 5.69 Å². The summed E-state index contributed by atoms with van der Waals surface area (Å²) in [6.45, 7) is 4.67. The van der Waals surface area contributed by atoms with E-state index in [0.717, 1.165) is 38.4 Å². The van der Waals surface area contributed by atoms with E-state index in [-0.39, 0.29) is 11.9 Å². The highest BCUT2D eigenvalue weighted by Crippen LogP contribution is 2.29. The average molecular weight is 437 g/mol. The molecule has 0 unspecified atom stereocenters. The van der Waals surface area contributed by atoms with Gasteiger partial charge in [0, 0.05) is 45.1 Å². The molecule has 166 valence electrons. The van der Waals surface area contributed by atoms with Gasteiger partial charge < -0.3 is 9.64 Å². The van der Waals surface area contributed by atoms with Crippen molar-refractivity contribution < 1.29 is 13.9 Å². The number of halogens is 1. The van der Waals surface area contributed by atoms with Gasteiger partial charge in [-0.1, -0.05) is 11.3 Å². The molecule has 2 aromatic heterocycles. The maximum absolute atomic E-state index is 15.0. The number of carbonyl (C=O) groups is 1. The fourth-order valence-corrected chi connectivity index (χ4v) is 4.15. The van der Waals surface area contributed by atoms with E-state index >= 15 is 0 Å². The number of ether oxygens (including phenoxy) is 1. The van der Waals surface area contributed by atoms with E-state index in [2.05, 4.69) is 20.2 Å². The van der Waals surface area contributed by atoms with E-state index in [1.165, 1.54) is 11.0 Å². The molecule has 2 aliphatic heterocycles. The lowest BCUT2D eigenvalue weighted by molar-refractivity contribution is 0.129. The van der Waals surface area contributed by atoms with Gasteiger partial charge in [0.1, 0.15) is 11.9 Å². The number of hydrogen-bond acceptors (Lipinski definition) is 7. The summed E-state index contributed by atoms with van der Waals surface area (Å²) >= 11 is 0. The zero-order valence-electron chi connectivity index (χ0n) is 17.5. The van der Waals surface area contributed by atoms with E-state index in [0.29, 0.717) is 24.5 Å². The van der Waals surface area contributed by atoms with Crippen LogP contribution < -0.4 is 9.80 Å². The smallest absolute Gasteiger partial charge is 0.414 e. The molecule has 0 N–H and O–H groups in total. The van der Waals surface area contributed by atoms with Gasteiger partial charge in [0.15, 0.2) is 0 Å².